The van der Waals surface area contributed by atoms with Crippen molar-refractivity contribution >= 4 is 5.97 Å². The van der Waals surface area contributed by atoms with Gasteiger partial charge in [0.15, 0.2) is 0 Å². The van der Waals surface area contributed by atoms with E-state index < -0.39 is 12.1 Å². The van der Waals surface area contributed by atoms with E-state index in [0.29, 0.717) is 25.1 Å². The molecule has 1 aromatic rings. The van der Waals surface area contributed by atoms with Gasteiger partial charge in [0.2, 0.25) is 0 Å². The zero-order chi connectivity index (χ0) is 14.5. The molecule has 4 heteroatoms. The van der Waals surface area contributed by atoms with Gasteiger partial charge in [0.25, 0.3) is 0 Å². The Kier molecular flexibility index (Phi) is 5.51. The predicted octanol–water partition coefficient (Wildman–Crippen LogP) is 2.27. The Labute approximate surface area is 114 Å². The van der Waals surface area contributed by atoms with Crippen LogP contribution in [0.15, 0.2) is 24.3 Å². The SMILES string of the molecule is CC(C)(C)CC(O)CNCc1ccccc1C(=O)O. The summed E-state index contributed by atoms with van der Waals surface area (Å²) in [6, 6.07) is 6.90. The Morgan fingerprint density at radius 3 is 2.53 bits per heavy atom. The highest BCUT2D eigenvalue weighted by Gasteiger charge is 2.16. The average Bonchev–Trinajstić information content (AvgIpc) is 2.27. The highest BCUT2D eigenvalue weighted by Crippen LogP contribution is 2.20. The lowest BCUT2D eigenvalue weighted by Gasteiger charge is -2.22. The normalized spacial score (nSPS) is 13.3. The van der Waals surface area contributed by atoms with E-state index in [9.17, 15) is 9.90 Å². The van der Waals surface area contributed by atoms with Gasteiger partial charge >= 0.3 is 5.97 Å². The van der Waals surface area contributed by atoms with Crippen molar-refractivity contribution in [3.8, 4) is 0 Å². The van der Waals surface area contributed by atoms with Crippen molar-refractivity contribution in [3.63, 3.8) is 0 Å². The van der Waals surface area contributed by atoms with E-state index in [2.05, 4.69) is 26.1 Å². The Morgan fingerprint density at radius 2 is 1.95 bits per heavy atom. The number of rotatable bonds is 6. The van der Waals surface area contributed by atoms with Gasteiger partial charge in [-0.25, -0.2) is 4.79 Å². The molecule has 0 saturated carbocycles. The predicted molar refractivity (Wildman–Crippen MR) is 75.2 cm³/mol. The van der Waals surface area contributed by atoms with Crippen LogP contribution in [0.4, 0.5) is 0 Å². The molecule has 4 nitrogen and oxygen atoms in total. The third-order valence-corrected chi connectivity index (χ3v) is 2.79. The lowest BCUT2D eigenvalue weighted by atomic mass is 9.89. The molecule has 0 aliphatic carbocycles. The first kappa shape index (κ1) is 15.7. The van der Waals surface area contributed by atoms with Crippen LogP contribution in [0.1, 0.15) is 43.1 Å². The Morgan fingerprint density at radius 1 is 1.32 bits per heavy atom. The summed E-state index contributed by atoms with van der Waals surface area (Å²) in [6.07, 6.45) is 0.289. The van der Waals surface area contributed by atoms with E-state index in [-0.39, 0.29) is 5.41 Å². The van der Waals surface area contributed by atoms with Crippen LogP contribution in [0.3, 0.4) is 0 Å². The monoisotopic (exact) mass is 265 g/mol. The fourth-order valence-electron chi connectivity index (χ4n) is 2.04. The molecule has 0 aliphatic rings. The maximum atomic E-state index is 11.0. The summed E-state index contributed by atoms with van der Waals surface area (Å²) in [5, 5.41) is 22.0. The molecule has 0 fully saturated rings. The van der Waals surface area contributed by atoms with Crippen LogP contribution in [0.25, 0.3) is 0 Å². The molecule has 0 radical (unpaired) electrons. The van der Waals surface area contributed by atoms with Gasteiger partial charge in [-0.15, -0.1) is 0 Å². The highest BCUT2D eigenvalue weighted by atomic mass is 16.4. The summed E-state index contributed by atoms with van der Waals surface area (Å²) in [4.78, 5) is 11.0. The maximum Gasteiger partial charge on any atom is 0.336 e. The Balaban J connectivity index is 2.48. The van der Waals surface area contributed by atoms with Gasteiger partial charge in [0.1, 0.15) is 0 Å². The number of aromatic carboxylic acids is 1. The summed E-state index contributed by atoms with van der Waals surface area (Å²) in [5.74, 6) is -0.923. The lowest BCUT2D eigenvalue weighted by molar-refractivity contribution is 0.0695. The number of carboxylic acid groups (broad SMARTS) is 1. The van der Waals surface area contributed by atoms with Crippen LogP contribution in [0, 0.1) is 5.41 Å². The maximum absolute atomic E-state index is 11.0. The fourth-order valence-corrected chi connectivity index (χ4v) is 2.04. The lowest BCUT2D eigenvalue weighted by Crippen LogP contribution is -2.30. The number of nitrogens with one attached hydrogen (secondary N) is 1. The number of benzene rings is 1. The van der Waals surface area contributed by atoms with Crippen molar-refractivity contribution in [2.75, 3.05) is 6.54 Å². The van der Waals surface area contributed by atoms with E-state index >= 15 is 0 Å². The minimum Gasteiger partial charge on any atom is -0.478 e. The number of carboxylic acids is 1. The molecular weight excluding hydrogens is 242 g/mol. The largest absolute Gasteiger partial charge is 0.478 e. The van der Waals surface area contributed by atoms with Gasteiger partial charge in [-0.2, -0.15) is 0 Å². The average molecular weight is 265 g/mol. The molecule has 0 aromatic heterocycles. The summed E-state index contributed by atoms with van der Waals surface area (Å²) >= 11 is 0. The number of aliphatic hydroxyl groups excluding tert-OH is 1. The smallest absolute Gasteiger partial charge is 0.336 e. The van der Waals surface area contributed by atoms with E-state index in [4.69, 9.17) is 5.11 Å². The Bertz CT molecular complexity index is 424. The van der Waals surface area contributed by atoms with Crippen LogP contribution in [0.5, 0.6) is 0 Å². The first-order valence-corrected chi connectivity index (χ1v) is 6.49. The van der Waals surface area contributed by atoms with Gasteiger partial charge in [0.05, 0.1) is 11.7 Å². The fraction of sp³-hybridized carbons (Fsp3) is 0.533. The van der Waals surface area contributed by atoms with Crippen molar-refractivity contribution in [1.82, 2.24) is 5.32 Å². The van der Waals surface area contributed by atoms with Crippen molar-refractivity contribution in [1.29, 1.82) is 0 Å². The van der Waals surface area contributed by atoms with Crippen molar-refractivity contribution < 1.29 is 15.0 Å². The quantitative estimate of drug-likeness (QED) is 0.738. The van der Waals surface area contributed by atoms with Crippen LogP contribution in [0.2, 0.25) is 0 Å². The van der Waals surface area contributed by atoms with Gasteiger partial charge in [-0.1, -0.05) is 39.0 Å². The van der Waals surface area contributed by atoms with Crippen molar-refractivity contribution in [3.05, 3.63) is 35.4 Å². The number of hydrogen-bond acceptors (Lipinski definition) is 3. The highest BCUT2D eigenvalue weighted by molar-refractivity contribution is 5.89. The van der Waals surface area contributed by atoms with E-state index in [0.717, 1.165) is 5.56 Å². The van der Waals surface area contributed by atoms with E-state index in [1.165, 1.54) is 0 Å². The first-order chi connectivity index (χ1) is 8.79. The van der Waals surface area contributed by atoms with Crippen LogP contribution < -0.4 is 5.32 Å². The van der Waals surface area contributed by atoms with Crippen molar-refractivity contribution in [2.45, 2.75) is 39.8 Å². The molecule has 1 unspecified atom stereocenters. The molecule has 0 spiro atoms. The number of aliphatic hydroxyl groups is 1. The second-order valence-electron chi connectivity index (χ2n) is 6.01. The molecular formula is C15H23NO3. The first-order valence-electron chi connectivity index (χ1n) is 6.49. The number of hydrogen-bond donors (Lipinski definition) is 3. The third-order valence-electron chi connectivity index (χ3n) is 2.79. The molecule has 0 amide bonds. The molecule has 106 valence electrons. The molecule has 1 rings (SSSR count). The second-order valence-corrected chi connectivity index (χ2v) is 6.01. The molecule has 0 saturated heterocycles. The molecule has 1 aromatic carbocycles. The molecule has 0 heterocycles. The molecule has 0 aliphatic heterocycles. The molecule has 1 atom stereocenters. The second kappa shape index (κ2) is 6.68. The number of carbonyl (C=O) groups is 1. The Hall–Kier alpha value is -1.39. The molecule has 3 N–H and O–H groups in total. The summed E-state index contributed by atoms with van der Waals surface area (Å²) in [7, 11) is 0. The van der Waals surface area contributed by atoms with Gasteiger partial charge in [-0.3, -0.25) is 0 Å². The summed E-state index contributed by atoms with van der Waals surface area (Å²) in [5.41, 5.74) is 1.12. The van der Waals surface area contributed by atoms with Crippen LogP contribution in [-0.2, 0) is 6.54 Å². The minimum absolute atomic E-state index is 0.0834. The topological polar surface area (TPSA) is 69.6 Å². The zero-order valence-electron chi connectivity index (χ0n) is 11.8. The van der Waals surface area contributed by atoms with Crippen molar-refractivity contribution in [2.24, 2.45) is 5.41 Å². The summed E-state index contributed by atoms with van der Waals surface area (Å²) in [6.45, 7) is 7.15. The van der Waals surface area contributed by atoms with E-state index in [1.807, 2.05) is 6.07 Å². The summed E-state index contributed by atoms with van der Waals surface area (Å²) < 4.78 is 0. The standard InChI is InChI=1S/C15H23NO3/c1-15(2,3)8-12(17)10-16-9-11-6-4-5-7-13(11)14(18)19/h4-7,12,16-17H,8-10H2,1-3H3,(H,18,19). The minimum atomic E-state index is -0.923. The van der Waals surface area contributed by atoms with Gasteiger partial charge in [-0.05, 0) is 23.5 Å². The van der Waals surface area contributed by atoms with Crippen LogP contribution >= 0.6 is 0 Å². The van der Waals surface area contributed by atoms with Gasteiger partial charge < -0.3 is 15.5 Å². The molecule has 0 bridgehead atoms. The third kappa shape index (κ3) is 5.85. The van der Waals surface area contributed by atoms with Crippen LogP contribution in [-0.4, -0.2) is 28.8 Å². The molecule has 19 heavy (non-hydrogen) atoms. The van der Waals surface area contributed by atoms with E-state index in [1.54, 1.807) is 18.2 Å². The van der Waals surface area contributed by atoms with Gasteiger partial charge in [0, 0.05) is 13.1 Å². The zero-order valence-corrected chi connectivity index (χ0v) is 11.8.